The second-order valence-corrected chi connectivity index (χ2v) is 8.66. The Kier molecular flexibility index (Phi) is 5.11. The Balaban J connectivity index is 1.47. The molecule has 2 aliphatic heterocycles. The Labute approximate surface area is 195 Å². The number of aromatic amines is 1. The molecular weight excluding hydrogens is 436 g/mol. The van der Waals surface area contributed by atoms with Crippen molar-refractivity contribution in [1.29, 1.82) is 0 Å². The molecule has 1 aromatic carbocycles. The number of aryl methyl sites for hydroxylation is 2. The fourth-order valence-corrected chi connectivity index (χ4v) is 4.55. The van der Waals surface area contributed by atoms with Crippen molar-refractivity contribution < 1.29 is 19.3 Å². The molecule has 34 heavy (non-hydrogen) atoms. The highest BCUT2D eigenvalue weighted by molar-refractivity contribution is 5.93. The molecule has 0 unspecified atom stereocenters. The summed E-state index contributed by atoms with van der Waals surface area (Å²) in [5, 5.41) is 28.1. The zero-order chi connectivity index (χ0) is 23.2. The number of aliphatic hydroxyl groups excluding tert-OH is 1. The molecule has 5 heterocycles. The number of hydrogen-bond acceptors (Lipinski definition) is 7. The number of benzene rings is 1. The van der Waals surface area contributed by atoms with Crippen molar-refractivity contribution in [3.05, 3.63) is 41.3 Å². The lowest BCUT2D eigenvalue weighted by Crippen LogP contribution is -2.24. The number of hydrogen-bond donors (Lipinski definition) is 2. The van der Waals surface area contributed by atoms with E-state index in [1.165, 1.54) is 0 Å². The number of H-pyrrole nitrogens is 1. The van der Waals surface area contributed by atoms with E-state index in [0.717, 1.165) is 39.0 Å². The van der Waals surface area contributed by atoms with Gasteiger partial charge in [0, 0.05) is 18.9 Å². The molecule has 2 aliphatic rings. The van der Waals surface area contributed by atoms with Crippen LogP contribution in [0.3, 0.4) is 0 Å². The van der Waals surface area contributed by atoms with Crippen LogP contribution in [0.5, 0.6) is 11.8 Å². The van der Waals surface area contributed by atoms with Gasteiger partial charge in [0.25, 0.3) is 0 Å². The summed E-state index contributed by atoms with van der Waals surface area (Å²) in [6.45, 7) is 3.53. The van der Waals surface area contributed by atoms with Crippen molar-refractivity contribution in [3.8, 4) is 22.9 Å². The molecular formula is C24H26N6O4. The van der Waals surface area contributed by atoms with E-state index in [9.17, 15) is 5.11 Å². The highest BCUT2D eigenvalue weighted by Crippen LogP contribution is 2.34. The largest absolute Gasteiger partial charge is 0.477 e. The summed E-state index contributed by atoms with van der Waals surface area (Å²) >= 11 is 0. The molecule has 2 N–H and O–H groups in total. The number of rotatable bonds is 1. The van der Waals surface area contributed by atoms with E-state index >= 15 is 0 Å². The fourth-order valence-electron chi connectivity index (χ4n) is 4.55. The highest BCUT2D eigenvalue weighted by atomic mass is 16.5. The van der Waals surface area contributed by atoms with Crippen LogP contribution in [0.1, 0.15) is 29.4 Å². The minimum Gasteiger partial charge on any atom is -0.477 e. The van der Waals surface area contributed by atoms with Gasteiger partial charge < -0.3 is 19.3 Å². The van der Waals surface area contributed by atoms with Gasteiger partial charge in [-0.3, -0.25) is 5.10 Å². The molecule has 0 radical (unpaired) electrons. The lowest BCUT2D eigenvalue weighted by molar-refractivity contribution is 0.115. The fraction of sp³-hybridized carbons (Fsp3) is 0.375. The van der Waals surface area contributed by atoms with Gasteiger partial charge in [-0.1, -0.05) is 6.07 Å². The molecule has 0 saturated carbocycles. The minimum absolute atomic E-state index is 0.289. The predicted molar refractivity (Wildman–Crippen MR) is 126 cm³/mol. The molecule has 2 bridgehead atoms. The van der Waals surface area contributed by atoms with Crippen LogP contribution in [-0.2, 0) is 11.8 Å². The van der Waals surface area contributed by atoms with E-state index in [1.54, 1.807) is 9.36 Å². The van der Waals surface area contributed by atoms with Crippen LogP contribution in [-0.4, -0.2) is 67.4 Å². The molecule has 1 fully saturated rings. The molecule has 3 aromatic heterocycles. The van der Waals surface area contributed by atoms with Gasteiger partial charge in [0.15, 0.2) is 0 Å². The zero-order valence-electron chi connectivity index (χ0n) is 19.1. The van der Waals surface area contributed by atoms with E-state index in [4.69, 9.17) is 19.3 Å². The SMILES string of the molecule is Cc1nn([C@@H]2COC[C@H]2O)c2c1/C=C/c1[nH]nc3ccc(cc13)-c1cnn(C)c1OCCCO2. The van der Waals surface area contributed by atoms with Crippen LogP contribution >= 0.6 is 0 Å². The number of ether oxygens (including phenoxy) is 3. The molecule has 4 aromatic rings. The standard InChI is InChI=1S/C24H26N6O4/c1-14-16-5-7-20-17-10-15(4-6-19(17)26-27-20)18-11-25-29(2)23(18)33-8-3-9-34-24(16)30(28-14)21-12-32-13-22(21)31/h4-7,10-11,21-22,31H,3,8-9,12-13H2,1-2H3,(H,26,27)/b7-5+/t21-,22-/m1/s1. The smallest absolute Gasteiger partial charge is 0.219 e. The summed E-state index contributed by atoms with van der Waals surface area (Å²) in [5.74, 6) is 1.33. The summed E-state index contributed by atoms with van der Waals surface area (Å²) in [4.78, 5) is 0. The molecule has 0 spiro atoms. The molecule has 176 valence electrons. The van der Waals surface area contributed by atoms with Crippen LogP contribution in [0.25, 0.3) is 34.2 Å². The van der Waals surface area contributed by atoms with Crippen molar-refractivity contribution in [2.45, 2.75) is 25.5 Å². The van der Waals surface area contributed by atoms with Gasteiger partial charge in [-0.15, -0.1) is 0 Å². The topological polar surface area (TPSA) is 112 Å². The Morgan fingerprint density at radius 3 is 2.79 bits per heavy atom. The Bertz CT molecular complexity index is 1380. The number of aliphatic hydroxyl groups is 1. The molecule has 6 rings (SSSR count). The normalized spacial score (nSPS) is 21.4. The summed E-state index contributed by atoms with van der Waals surface area (Å²) < 4.78 is 21.3. The predicted octanol–water partition coefficient (Wildman–Crippen LogP) is 2.73. The van der Waals surface area contributed by atoms with Gasteiger partial charge in [-0.05, 0) is 36.8 Å². The number of aromatic nitrogens is 6. The summed E-state index contributed by atoms with van der Waals surface area (Å²) in [5.41, 5.74) is 5.36. The minimum atomic E-state index is -0.630. The van der Waals surface area contributed by atoms with Gasteiger partial charge in [-0.2, -0.15) is 15.3 Å². The van der Waals surface area contributed by atoms with Gasteiger partial charge in [0.05, 0.1) is 60.7 Å². The van der Waals surface area contributed by atoms with E-state index in [0.29, 0.717) is 38.0 Å². The van der Waals surface area contributed by atoms with Crippen molar-refractivity contribution in [1.82, 2.24) is 29.8 Å². The third-order valence-corrected chi connectivity index (χ3v) is 6.38. The molecule has 1 saturated heterocycles. The van der Waals surface area contributed by atoms with Crippen molar-refractivity contribution in [2.24, 2.45) is 7.05 Å². The maximum absolute atomic E-state index is 10.4. The first kappa shape index (κ1) is 20.9. The number of nitrogens with one attached hydrogen (secondary N) is 1. The van der Waals surface area contributed by atoms with E-state index in [-0.39, 0.29) is 12.6 Å². The average molecular weight is 463 g/mol. The van der Waals surface area contributed by atoms with E-state index < -0.39 is 6.10 Å². The van der Waals surface area contributed by atoms with Crippen molar-refractivity contribution in [2.75, 3.05) is 26.4 Å². The van der Waals surface area contributed by atoms with Gasteiger partial charge >= 0.3 is 0 Å². The summed E-state index contributed by atoms with van der Waals surface area (Å²) in [7, 11) is 1.87. The zero-order valence-corrected chi connectivity index (χ0v) is 19.1. The first-order valence-corrected chi connectivity index (χ1v) is 11.4. The molecule has 0 aliphatic carbocycles. The van der Waals surface area contributed by atoms with Crippen molar-refractivity contribution in [3.63, 3.8) is 0 Å². The number of fused-ring (bicyclic) bond motifs is 4. The quantitative estimate of drug-likeness (QED) is 0.447. The van der Waals surface area contributed by atoms with Crippen LogP contribution in [0.4, 0.5) is 0 Å². The maximum Gasteiger partial charge on any atom is 0.219 e. The van der Waals surface area contributed by atoms with E-state index in [1.807, 2.05) is 44.5 Å². The summed E-state index contributed by atoms with van der Waals surface area (Å²) in [6.07, 6.45) is 5.84. The third-order valence-electron chi connectivity index (χ3n) is 6.38. The van der Waals surface area contributed by atoms with Crippen LogP contribution < -0.4 is 9.47 Å². The highest BCUT2D eigenvalue weighted by Gasteiger charge is 2.32. The molecule has 2 atom stereocenters. The molecule has 10 nitrogen and oxygen atoms in total. The van der Waals surface area contributed by atoms with Crippen molar-refractivity contribution >= 4 is 23.1 Å². The lowest BCUT2D eigenvalue weighted by atomic mass is 10.1. The first-order chi connectivity index (χ1) is 16.6. The summed E-state index contributed by atoms with van der Waals surface area (Å²) in [6, 6.07) is 5.83. The second kappa shape index (κ2) is 8.30. The monoisotopic (exact) mass is 462 g/mol. The molecule has 10 heteroatoms. The number of nitrogens with zero attached hydrogens (tertiary/aromatic N) is 5. The van der Waals surface area contributed by atoms with Gasteiger partial charge in [0.1, 0.15) is 12.1 Å². The lowest BCUT2D eigenvalue weighted by Gasteiger charge is -2.17. The Hall–Kier alpha value is -3.63. The third kappa shape index (κ3) is 3.46. The average Bonchev–Trinajstić information content (AvgIpc) is 3.59. The maximum atomic E-state index is 10.4. The van der Waals surface area contributed by atoms with Crippen LogP contribution in [0, 0.1) is 6.92 Å². The molecule has 0 amide bonds. The van der Waals surface area contributed by atoms with Crippen LogP contribution in [0.15, 0.2) is 24.4 Å². The van der Waals surface area contributed by atoms with Gasteiger partial charge in [0.2, 0.25) is 11.8 Å². The Morgan fingerprint density at radius 1 is 1.12 bits per heavy atom. The van der Waals surface area contributed by atoms with Gasteiger partial charge in [-0.25, -0.2) is 9.36 Å². The van der Waals surface area contributed by atoms with Crippen LogP contribution in [0.2, 0.25) is 0 Å². The van der Waals surface area contributed by atoms with E-state index in [2.05, 4.69) is 21.4 Å². The Morgan fingerprint density at radius 2 is 1.97 bits per heavy atom. The first-order valence-electron chi connectivity index (χ1n) is 11.4. The second-order valence-electron chi connectivity index (χ2n) is 8.66.